The van der Waals surface area contributed by atoms with Crippen LogP contribution in [0.3, 0.4) is 0 Å². The Labute approximate surface area is 334 Å². The van der Waals surface area contributed by atoms with Gasteiger partial charge in [-0.3, -0.25) is 0 Å². The van der Waals surface area contributed by atoms with Gasteiger partial charge in [0.25, 0.3) is 0 Å². The highest BCUT2D eigenvalue weighted by molar-refractivity contribution is 7.14. The number of halogens is 2. The van der Waals surface area contributed by atoms with Gasteiger partial charge in [0.2, 0.25) is 0 Å². The molecule has 0 spiro atoms. The van der Waals surface area contributed by atoms with Gasteiger partial charge in [0.15, 0.2) is 11.6 Å². The molecule has 2 nitrogen and oxygen atoms in total. The molecule has 0 amide bonds. The standard InChI is InChI=1S/C46H70F2N2S3/c1-5-9-13-17-19-23-27-35(25-21-15-11-7-3)29-37-31-39(51-33-37)41-43(47)44(48)42(46-45(41)49-53-50-46)40-32-38(34-52-40)30-36(26-22-16-12-8-4)28-24-20-18-14-10-6-2/h31-36H,5-30H2,1-4H3. The van der Waals surface area contributed by atoms with Crippen LogP contribution in [0.1, 0.15) is 193 Å². The van der Waals surface area contributed by atoms with Gasteiger partial charge in [-0.2, -0.15) is 8.75 Å². The molecular formula is C46H70F2N2S3. The molecule has 0 aliphatic rings. The molecule has 0 fully saturated rings. The number of fused-ring (bicyclic) bond motifs is 1. The Bertz CT molecular complexity index is 1440. The summed E-state index contributed by atoms with van der Waals surface area (Å²) in [6, 6.07) is 4.21. The molecule has 3 heterocycles. The summed E-state index contributed by atoms with van der Waals surface area (Å²) in [5.41, 5.74) is 4.03. The normalized spacial score (nSPS) is 13.0. The summed E-state index contributed by atoms with van der Waals surface area (Å²) >= 11 is 4.10. The van der Waals surface area contributed by atoms with E-state index in [1.807, 2.05) is 0 Å². The minimum atomic E-state index is -0.788. The van der Waals surface area contributed by atoms with Crippen LogP contribution in [-0.4, -0.2) is 8.75 Å². The van der Waals surface area contributed by atoms with Gasteiger partial charge in [-0.1, -0.05) is 182 Å². The van der Waals surface area contributed by atoms with Crippen molar-refractivity contribution in [2.75, 3.05) is 0 Å². The van der Waals surface area contributed by atoms with Crippen LogP contribution in [0.2, 0.25) is 0 Å². The van der Waals surface area contributed by atoms with E-state index in [4.69, 9.17) is 0 Å². The Kier molecular flexibility index (Phi) is 21.1. The van der Waals surface area contributed by atoms with Crippen LogP contribution in [-0.2, 0) is 12.8 Å². The molecule has 0 aliphatic heterocycles. The van der Waals surface area contributed by atoms with Crippen molar-refractivity contribution in [3.63, 3.8) is 0 Å². The first-order valence-corrected chi connectivity index (χ1v) is 24.3. The van der Waals surface area contributed by atoms with Gasteiger partial charge in [0.05, 0.1) is 22.9 Å². The van der Waals surface area contributed by atoms with Crippen molar-refractivity contribution >= 4 is 45.4 Å². The fourth-order valence-corrected chi connectivity index (χ4v) is 10.6. The van der Waals surface area contributed by atoms with Gasteiger partial charge < -0.3 is 0 Å². The number of benzene rings is 1. The molecule has 0 saturated heterocycles. The van der Waals surface area contributed by atoms with E-state index in [1.165, 1.54) is 188 Å². The average molecular weight is 785 g/mol. The van der Waals surface area contributed by atoms with Crippen LogP contribution in [0, 0.1) is 23.5 Å². The number of thiophene rings is 2. The maximum absolute atomic E-state index is 16.3. The number of hydrogen-bond acceptors (Lipinski definition) is 5. The third kappa shape index (κ3) is 14.4. The molecule has 0 radical (unpaired) electrons. The Morgan fingerprint density at radius 2 is 0.792 bits per heavy atom. The zero-order chi connectivity index (χ0) is 37.7. The monoisotopic (exact) mass is 784 g/mol. The number of nitrogens with zero attached hydrogens (tertiary/aromatic N) is 2. The molecule has 4 aromatic rings. The lowest BCUT2D eigenvalue weighted by Crippen LogP contribution is -2.05. The number of hydrogen-bond donors (Lipinski definition) is 0. The van der Waals surface area contributed by atoms with Gasteiger partial charge in [-0.25, -0.2) is 8.78 Å². The fourth-order valence-electron chi connectivity index (χ4n) is 8.13. The van der Waals surface area contributed by atoms with Crippen LogP contribution in [0.25, 0.3) is 31.9 Å². The minimum absolute atomic E-state index is 0.282. The van der Waals surface area contributed by atoms with Crippen LogP contribution in [0.5, 0.6) is 0 Å². The van der Waals surface area contributed by atoms with Crippen molar-refractivity contribution < 1.29 is 8.78 Å². The predicted molar refractivity (Wildman–Crippen MR) is 232 cm³/mol. The molecule has 7 heteroatoms. The first-order chi connectivity index (χ1) is 26.0. The molecule has 0 N–H and O–H groups in total. The Morgan fingerprint density at radius 3 is 1.15 bits per heavy atom. The van der Waals surface area contributed by atoms with Gasteiger partial charge in [-0.15, -0.1) is 22.7 Å². The summed E-state index contributed by atoms with van der Waals surface area (Å²) in [6.45, 7) is 9.08. The van der Waals surface area contributed by atoms with Crippen molar-refractivity contribution in [1.82, 2.24) is 8.75 Å². The predicted octanol–water partition coefficient (Wildman–Crippen LogP) is 17.2. The second-order valence-electron chi connectivity index (χ2n) is 15.9. The molecule has 0 aliphatic carbocycles. The Hall–Kier alpha value is -1.70. The molecule has 53 heavy (non-hydrogen) atoms. The van der Waals surface area contributed by atoms with Crippen LogP contribution < -0.4 is 0 Å². The average Bonchev–Trinajstić information content (AvgIpc) is 3.94. The van der Waals surface area contributed by atoms with Crippen molar-refractivity contribution in [3.8, 4) is 20.9 Å². The molecule has 0 saturated carbocycles. The van der Waals surface area contributed by atoms with Gasteiger partial charge in [-0.05, 0) is 58.7 Å². The number of aromatic nitrogens is 2. The molecule has 2 unspecified atom stereocenters. The molecule has 1 aromatic carbocycles. The largest absolute Gasteiger partial charge is 0.203 e. The first-order valence-electron chi connectivity index (χ1n) is 21.8. The highest BCUT2D eigenvalue weighted by Crippen LogP contribution is 2.43. The summed E-state index contributed by atoms with van der Waals surface area (Å²) in [4.78, 5) is 1.52. The maximum atomic E-state index is 16.3. The second-order valence-corrected chi connectivity index (χ2v) is 18.3. The van der Waals surface area contributed by atoms with Gasteiger partial charge in [0.1, 0.15) is 11.0 Å². The van der Waals surface area contributed by atoms with E-state index in [0.717, 1.165) is 34.3 Å². The highest BCUT2D eigenvalue weighted by Gasteiger charge is 2.27. The van der Waals surface area contributed by atoms with Crippen molar-refractivity contribution in [2.45, 2.75) is 195 Å². The molecule has 3 aromatic heterocycles. The third-order valence-corrected chi connectivity index (χ3v) is 13.8. The molecular weight excluding hydrogens is 715 g/mol. The summed E-state index contributed by atoms with van der Waals surface area (Å²) in [5.74, 6) is -0.299. The summed E-state index contributed by atoms with van der Waals surface area (Å²) in [5, 5.41) is 4.34. The quantitative estimate of drug-likeness (QED) is 0.0492. The van der Waals surface area contributed by atoms with Crippen LogP contribution in [0.15, 0.2) is 22.9 Å². The summed E-state index contributed by atoms with van der Waals surface area (Å²) in [6.07, 6.45) is 33.1. The third-order valence-electron chi connectivity index (χ3n) is 11.3. The van der Waals surface area contributed by atoms with E-state index in [0.29, 0.717) is 22.9 Å². The zero-order valence-electron chi connectivity index (χ0n) is 33.7. The van der Waals surface area contributed by atoms with E-state index in [9.17, 15) is 0 Å². The van der Waals surface area contributed by atoms with E-state index in [1.54, 1.807) is 0 Å². The fraction of sp³-hybridized carbons (Fsp3) is 0.696. The van der Waals surface area contributed by atoms with E-state index >= 15 is 8.78 Å². The molecule has 296 valence electrons. The van der Waals surface area contributed by atoms with Crippen molar-refractivity contribution in [3.05, 3.63) is 45.7 Å². The lowest BCUT2D eigenvalue weighted by atomic mass is 9.89. The molecule has 4 rings (SSSR count). The van der Waals surface area contributed by atoms with E-state index in [-0.39, 0.29) is 11.1 Å². The smallest absolute Gasteiger partial charge is 0.170 e. The summed E-state index contributed by atoms with van der Waals surface area (Å²) < 4.78 is 41.7. The van der Waals surface area contributed by atoms with E-state index < -0.39 is 11.6 Å². The zero-order valence-corrected chi connectivity index (χ0v) is 36.2. The lowest BCUT2D eigenvalue weighted by molar-refractivity contribution is 0.402. The summed E-state index contributed by atoms with van der Waals surface area (Å²) in [7, 11) is 0. The second kappa shape index (κ2) is 25.5. The van der Waals surface area contributed by atoms with Crippen molar-refractivity contribution in [1.29, 1.82) is 0 Å². The van der Waals surface area contributed by atoms with Crippen LogP contribution in [0.4, 0.5) is 8.78 Å². The van der Waals surface area contributed by atoms with Crippen LogP contribution >= 0.6 is 34.4 Å². The van der Waals surface area contributed by atoms with Crippen molar-refractivity contribution in [2.24, 2.45) is 11.8 Å². The number of unbranched alkanes of at least 4 members (excludes halogenated alkanes) is 16. The SMILES string of the molecule is CCCCCCCCC(CCCCCC)Cc1csc(-c2c(F)c(F)c(-c3cc(CC(CCCCCC)CCCCCCCC)cs3)c3nsnc23)c1. The van der Waals surface area contributed by atoms with Gasteiger partial charge >= 0.3 is 0 Å². The minimum Gasteiger partial charge on any atom is -0.203 e. The number of rotatable bonds is 30. The first kappa shape index (κ1) is 44.0. The molecule has 0 bridgehead atoms. The Balaban J connectivity index is 1.48. The van der Waals surface area contributed by atoms with Gasteiger partial charge in [0, 0.05) is 9.75 Å². The van der Waals surface area contributed by atoms with E-state index in [2.05, 4.69) is 59.3 Å². The topological polar surface area (TPSA) is 25.8 Å². The maximum Gasteiger partial charge on any atom is 0.170 e. The molecule has 2 atom stereocenters. The lowest BCUT2D eigenvalue weighted by Gasteiger charge is -2.16. The Morgan fingerprint density at radius 1 is 0.472 bits per heavy atom. The highest BCUT2D eigenvalue weighted by atomic mass is 32.1.